The summed E-state index contributed by atoms with van der Waals surface area (Å²) in [6.45, 7) is 7.85. The number of hydrogen-bond donors (Lipinski definition) is 2. The van der Waals surface area contributed by atoms with Gasteiger partial charge in [0.25, 0.3) is 0 Å². The van der Waals surface area contributed by atoms with Crippen LogP contribution in [0.15, 0.2) is 0 Å². The van der Waals surface area contributed by atoms with Crippen molar-refractivity contribution in [3.05, 3.63) is 0 Å². The predicted octanol–water partition coefficient (Wildman–Crippen LogP) is 0.900. The lowest BCUT2D eigenvalue weighted by Gasteiger charge is -2.29. The van der Waals surface area contributed by atoms with Gasteiger partial charge >= 0.3 is 0 Å². The van der Waals surface area contributed by atoms with E-state index < -0.39 is 0 Å². The van der Waals surface area contributed by atoms with Crippen LogP contribution in [0.25, 0.3) is 0 Å². The van der Waals surface area contributed by atoms with Crippen molar-refractivity contribution in [3.8, 4) is 0 Å². The number of ether oxygens (including phenoxy) is 1. The van der Waals surface area contributed by atoms with Crippen molar-refractivity contribution in [3.63, 3.8) is 0 Å². The lowest BCUT2D eigenvalue weighted by molar-refractivity contribution is -0.0900. The van der Waals surface area contributed by atoms with Gasteiger partial charge in [0.15, 0.2) is 0 Å². The van der Waals surface area contributed by atoms with E-state index in [9.17, 15) is 0 Å². The summed E-state index contributed by atoms with van der Waals surface area (Å²) in [6.07, 6.45) is 0.580. The molecule has 0 aliphatic rings. The molecule has 12 heavy (non-hydrogen) atoms. The monoisotopic (exact) mass is 175 g/mol. The molecule has 2 atom stereocenters. The zero-order valence-corrected chi connectivity index (χ0v) is 8.50. The fourth-order valence-corrected chi connectivity index (χ4v) is 0.977. The summed E-state index contributed by atoms with van der Waals surface area (Å²) in [5.41, 5.74) is 5.51. The van der Waals surface area contributed by atoms with Crippen LogP contribution in [-0.4, -0.2) is 29.5 Å². The second kappa shape index (κ2) is 4.80. The molecule has 0 aromatic heterocycles. The topological polar surface area (TPSA) is 55.5 Å². The van der Waals surface area contributed by atoms with Gasteiger partial charge in [-0.25, -0.2) is 0 Å². The van der Waals surface area contributed by atoms with Gasteiger partial charge in [-0.05, 0) is 27.2 Å². The Bertz CT molecular complexity index is 120. The summed E-state index contributed by atoms with van der Waals surface area (Å²) in [7, 11) is 0. The van der Waals surface area contributed by atoms with Crippen LogP contribution in [0, 0.1) is 0 Å². The highest BCUT2D eigenvalue weighted by molar-refractivity contribution is 4.74. The largest absolute Gasteiger partial charge is 0.394 e. The van der Waals surface area contributed by atoms with Crippen LogP contribution in [0.2, 0.25) is 0 Å². The lowest BCUT2D eigenvalue weighted by atomic mass is 10.1. The third kappa shape index (κ3) is 4.70. The van der Waals surface area contributed by atoms with Gasteiger partial charge in [0.05, 0.1) is 18.3 Å². The SMILES string of the molecule is CCC(N)C(CO)OC(C)(C)C. The van der Waals surface area contributed by atoms with E-state index in [1.807, 2.05) is 27.7 Å². The molecule has 0 aromatic carbocycles. The zero-order valence-electron chi connectivity index (χ0n) is 8.50. The van der Waals surface area contributed by atoms with Crippen molar-refractivity contribution in [1.82, 2.24) is 0 Å². The second-order valence-corrected chi connectivity index (χ2v) is 4.02. The van der Waals surface area contributed by atoms with Crippen molar-refractivity contribution < 1.29 is 9.84 Å². The molecule has 0 rings (SSSR count). The first kappa shape index (κ1) is 11.9. The van der Waals surface area contributed by atoms with Crippen LogP contribution in [0.1, 0.15) is 34.1 Å². The minimum absolute atomic E-state index is 0.00766. The van der Waals surface area contributed by atoms with Gasteiger partial charge in [-0.1, -0.05) is 6.92 Å². The lowest BCUT2D eigenvalue weighted by Crippen LogP contribution is -2.43. The van der Waals surface area contributed by atoms with Gasteiger partial charge in [-0.3, -0.25) is 0 Å². The highest BCUT2D eigenvalue weighted by Crippen LogP contribution is 2.13. The molecule has 0 fully saturated rings. The minimum Gasteiger partial charge on any atom is -0.394 e. The fraction of sp³-hybridized carbons (Fsp3) is 1.00. The summed E-state index contributed by atoms with van der Waals surface area (Å²) >= 11 is 0. The van der Waals surface area contributed by atoms with E-state index in [0.717, 1.165) is 6.42 Å². The summed E-state index contributed by atoms with van der Waals surface area (Å²) in [6, 6.07) is -0.0748. The molecule has 0 bridgehead atoms. The van der Waals surface area contributed by atoms with E-state index in [4.69, 9.17) is 15.6 Å². The van der Waals surface area contributed by atoms with E-state index in [1.165, 1.54) is 0 Å². The average Bonchev–Trinajstić information content (AvgIpc) is 1.97. The van der Waals surface area contributed by atoms with Gasteiger partial charge in [0.1, 0.15) is 0 Å². The number of aliphatic hydroxyl groups is 1. The number of aliphatic hydroxyl groups excluding tert-OH is 1. The van der Waals surface area contributed by atoms with Gasteiger partial charge in [-0.2, -0.15) is 0 Å². The first-order valence-electron chi connectivity index (χ1n) is 4.45. The van der Waals surface area contributed by atoms with Crippen molar-refractivity contribution in [1.29, 1.82) is 0 Å². The standard InChI is InChI=1S/C9H21NO2/c1-5-7(10)8(6-11)12-9(2,3)4/h7-8,11H,5-6,10H2,1-4H3. The maximum Gasteiger partial charge on any atom is 0.0963 e. The average molecular weight is 175 g/mol. The van der Waals surface area contributed by atoms with Gasteiger partial charge in [-0.15, -0.1) is 0 Å². The molecule has 3 nitrogen and oxygen atoms in total. The van der Waals surface area contributed by atoms with E-state index in [2.05, 4.69) is 0 Å². The second-order valence-electron chi connectivity index (χ2n) is 4.02. The van der Waals surface area contributed by atoms with E-state index in [-0.39, 0.29) is 24.4 Å². The van der Waals surface area contributed by atoms with Gasteiger partial charge in [0, 0.05) is 6.04 Å². The Morgan fingerprint density at radius 2 is 1.92 bits per heavy atom. The van der Waals surface area contributed by atoms with Crippen LogP contribution >= 0.6 is 0 Å². The Labute approximate surface area is 74.9 Å². The Kier molecular flexibility index (Phi) is 4.75. The van der Waals surface area contributed by atoms with Crippen molar-refractivity contribution in [2.75, 3.05) is 6.61 Å². The number of hydrogen-bond acceptors (Lipinski definition) is 3. The molecule has 0 amide bonds. The maximum atomic E-state index is 8.99. The number of nitrogens with two attached hydrogens (primary N) is 1. The van der Waals surface area contributed by atoms with Crippen LogP contribution in [-0.2, 0) is 4.74 Å². The molecule has 0 heterocycles. The fourth-order valence-electron chi connectivity index (χ4n) is 0.977. The Balaban J connectivity index is 3.99. The highest BCUT2D eigenvalue weighted by atomic mass is 16.5. The molecule has 0 radical (unpaired) electrons. The van der Waals surface area contributed by atoms with Gasteiger partial charge < -0.3 is 15.6 Å². The molecule has 0 spiro atoms. The quantitative estimate of drug-likeness (QED) is 0.667. The molecule has 74 valence electrons. The summed E-state index contributed by atoms with van der Waals surface area (Å²) < 4.78 is 5.56. The Hall–Kier alpha value is -0.120. The summed E-state index contributed by atoms with van der Waals surface area (Å²) in [5.74, 6) is 0. The smallest absolute Gasteiger partial charge is 0.0963 e. The van der Waals surface area contributed by atoms with Crippen LogP contribution in [0.5, 0.6) is 0 Å². The highest BCUT2D eigenvalue weighted by Gasteiger charge is 2.22. The first-order valence-corrected chi connectivity index (χ1v) is 4.45. The van der Waals surface area contributed by atoms with Crippen LogP contribution in [0.4, 0.5) is 0 Å². The molecule has 0 saturated heterocycles. The minimum atomic E-state index is -0.241. The maximum absolute atomic E-state index is 8.99. The molecule has 0 saturated carbocycles. The number of rotatable bonds is 4. The van der Waals surface area contributed by atoms with E-state index in [0.29, 0.717) is 0 Å². The molecule has 2 unspecified atom stereocenters. The van der Waals surface area contributed by atoms with Crippen LogP contribution < -0.4 is 5.73 Å². The molecule has 3 N–H and O–H groups in total. The van der Waals surface area contributed by atoms with E-state index >= 15 is 0 Å². The van der Waals surface area contributed by atoms with Crippen molar-refractivity contribution in [2.24, 2.45) is 5.73 Å². The molecule has 0 aromatic rings. The van der Waals surface area contributed by atoms with E-state index in [1.54, 1.807) is 0 Å². The van der Waals surface area contributed by atoms with Gasteiger partial charge in [0.2, 0.25) is 0 Å². The summed E-state index contributed by atoms with van der Waals surface area (Å²) in [4.78, 5) is 0. The third-order valence-electron chi connectivity index (χ3n) is 1.63. The molecular weight excluding hydrogens is 154 g/mol. The molecule has 0 aliphatic carbocycles. The molecule has 3 heteroatoms. The Morgan fingerprint density at radius 1 is 1.42 bits per heavy atom. The first-order chi connectivity index (χ1) is 5.40. The third-order valence-corrected chi connectivity index (χ3v) is 1.63. The zero-order chi connectivity index (χ0) is 9.78. The van der Waals surface area contributed by atoms with Crippen molar-refractivity contribution in [2.45, 2.75) is 51.9 Å². The predicted molar refractivity (Wildman–Crippen MR) is 50.0 cm³/mol. The summed E-state index contributed by atoms with van der Waals surface area (Å²) in [5, 5.41) is 8.99. The van der Waals surface area contributed by atoms with Crippen molar-refractivity contribution >= 4 is 0 Å². The normalized spacial score (nSPS) is 17.5. The molecular formula is C9H21NO2. The Morgan fingerprint density at radius 3 is 2.17 bits per heavy atom. The molecule has 0 aliphatic heterocycles. The van der Waals surface area contributed by atoms with Crippen LogP contribution in [0.3, 0.4) is 0 Å².